The first kappa shape index (κ1) is 17.8. The van der Waals surface area contributed by atoms with E-state index in [0.29, 0.717) is 19.4 Å². The highest BCUT2D eigenvalue weighted by molar-refractivity contribution is 5.97. The van der Waals surface area contributed by atoms with Gasteiger partial charge in [0, 0.05) is 6.42 Å². The summed E-state index contributed by atoms with van der Waals surface area (Å²) in [6.45, 7) is 0.657. The van der Waals surface area contributed by atoms with Crippen molar-refractivity contribution >= 4 is 5.91 Å². The standard InChI is InChI=1S/C21H22FNO4/c1-26-18-4-2-3-16(22)19(18)21(25)23-20(14-10-15(24)11-14)13-5-6-17-12(9-13)7-8-27-17/h2-6,9,14-15,20,24H,7-8,10-11H2,1H3,(H,23,25). The van der Waals surface area contributed by atoms with Gasteiger partial charge in [0.05, 0.1) is 25.9 Å². The van der Waals surface area contributed by atoms with E-state index in [2.05, 4.69) is 5.32 Å². The molecule has 1 aliphatic heterocycles. The Balaban J connectivity index is 1.63. The minimum Gasteiger partial charge on any atom is -0.496 e. The smallest absolute Gasteiger partial charge is 0.258 e. The molecule has 4 rings (SSSR count). The van der Waals surface area contributed by atoms with E-state index in [1.54, 1.807) is 6.07 Å². The second-order valence-corrected chi connectivity index (χ2v) is 7.12. The Morgan fingerprint density at radius 3 is 2.89 bits per heavy atom. The molecule has 0 bridgehead atoms. The molecule has 0 spiro atoms. The fourth-order valence-corrected chi connectivity index (χ4v) is 3.88. The molecular formula is C21H22FNO4. The highest BCUT2D eigenvalue weighted by Gasteiger charge is 2.37. The molecule has 2 aliphatic rings. The molecule has 2 aromatic rings. The first-order valence-electron chi connectivity index (χ1n) is 9.14. The van der Waals surface area contributed by atoms with Gasteiger partial charge in [-0.15, -0.1) is 0 Å². The summed E-state index contributed by atoms with van der Waals surface area (Å²) in [5.74, 6) is 0.0206. The van der Waals surface area contributed by atoms with Gasteiger partial charge in [-0.05, 0) is 54.2 Å². The number of hydrogen-bond donors (Lipinski definition) is 2. The van der Waals surface area contributed by atoms with E-state index < -0.39 is 11.7 Å². The number of ether oxygens (including phenoxy) is 2. The minimum atomic E-state index is -0.624. The Bertz CT molecular complexity index is 863. The molecule has 6 heteroatoms. The van der Waals surface area contributed by atoms with Crippen LogP contribution in [0.15, 0.2) is 36.4 Å². The number of halogens is 1. The van der Waals surface area contributed by atoms with Gasteiger partial charge in [0.2, 0.25) is 0 Å². The predicted molar refractivity (Wildman–Crippen MR) is 97.5 cm³/mol. The van der Waals surface area contributed by atoms with Gasteiger partial charge in [-0.2, -0.15) is 0 Å². The van der Waals surface area contributed by atoms with Crippen molar-refractivity contribution in [3.8, 4) is 11.5 Å². The second-order valence-electron chi connectivity index (χ2n) is 7.12. The molecule has 1 atom stereocenters. The molecule has 2 aromatic carbocycles. The molecule has 1 fully saturated rings. The molecule has 1 amide bonds. The number of carbonyl (C=O) groups is 1. The number of aliphatic hydroxyl groups is 1. The van der Waals surface area contributed by atoms with Crippen LogP contribution in [0, 0.1) is 11.7 Å². The number of carbonyl (C=O) groups excluding carboxylic acids is 1. The van der Waals surface area contributed by atoms with Crippen LogP contribution in [0.4, 0.5) is 4.39 Å². The van der Waals surface area contributed by atoms with Crippen molar-refractivity contribution in [1.82, 2.24) is 5.32 Å². The Labute approximate surface area is 157 Å². The van der Waals surface area contributed by atoms with E-state index >= 15 is 0 Å². The van der Waals surface area contributed by atoms with Crippen LogP contribution in [0.25, 0.3) is 0 Å². The summed E-state index contributed by atoms with van der Waals surface area (Å²) in [7, 11) is 1.41. The van der Waals surface area contributed by atoms with Crippen LogP contribution in [0.3, 0.4) is 0 Å². The van der Waals surface area contributed by atoms with Gasteiger partial charge in [-0.25, -0.2) is 4.39 Å². The van der Waals surface area contributed by atoms with E-state index in [-0.39, 0.29) is 29.4 Å². The maximum Gasteiger partial charge on any atom is 0.258 e. The van der Waals surface area contributed by atoms with E-state index in [1.165, 1.54) is 19.2 Å². The van der Waals surface area contributed by atoms with Gasteiger partial charge in [0.25, 0.3) is 5.91 Å². The van der Waals surface area contributed by atoms with Gasteiger partial charge in [0.15, 0.2) is 0 Å². The summed E-state index contributed by atoms with van der Waals surface area (Å²) in [5, 5.41) is 12.7. The van der Waals surface area contributed by atoms with Crippen LogP contribution < -0.4 is 14.8 Å². The maximum absolute atomic E-state index is 14.3. The second kappa shape index (κ2) is 7.19. The Kier molecular flexibility index (Phi) is 4.74. The summed E-state index contributed by atoms with van der Waals surface area (Å²) >= 11 is 0. The lowest BCUT2D eigenvalue weighted by Crippen LogP contribution is -2.41. The van der Waals surface area contributed by atoms with Crippen molar-refractivity contribution in [2.24, 2.45) is 5.92 Å². The molecule has 142 valence electrons. The molecular weight excluding hydrogens is 349 g/mol. The number of methoxy groups -OCH3 is 1. The van der Waals surface area contributed by atoms with Crippen molar-refractivity contribution < 1.29 is 23.8 Å². The molecule has 1 saturated carbocycles. The van der Waals surface area contributed by atoms with Gasteiger partial charge in [-0.3, -0.25) is 4.79 Å². The van der Waals surface area contributed by atoms with Crippen molar-refractivity contribution in [3.63, 3.8) is 0 Å². The lowest BCUT2D eigenvalue weighted by molar-refractivity contribution is 0.0234. The first-order valence-corrected chi connectivity index (χ1v) is 9.14. The molecule has 0 aromatic heterocycles. The van der Waals surface area contributed by atoms with Crippen LogP contribution >= 0.6 is 0 Å². The SMILES string of the molecule is COc1cccc(F)c1C(=O)NC(c1ccc2c(c1)CCO2)C1CC(O)C1. The van der Waals surface area contributed by atoms with E-state index in [1.807, 2.05) is 18.2 Å². The molecule has 1 aliphatic carbocycles. The predicted octanol–water partition coefficient (Wildman–Crippen LogP) is 3.01. The molecule has 2 N–H and O–H groups in total. The van der Waals surface area contributed by atoms with Crippen LogP contribution in [-0.4, -0.2) is 30.8 Å². The van der Waals surface area contributed by atoms with Gasteiger partial charge in [0.1, 0.15) is 22.9 Å². The minimum absolute atomic E-state index is 0.0992. The van der Waals surface area contributed by atoms with E-state index in [4.69, 9.17) is 9.47 Å². The third-order valence-electron chi connectivity index (χ3n) is 5.40. The normalized spacial score (nSPS) is 21.6. The van der Waals surface area contributed by atoms with Gasteiger partial charge < -0.3 is 19.9 Å². The lowest BCUT2D eigenvalue weighted by atomic mass is 9.74. The number of hydrogen-bond acceptors (Lipinski definition) is 4. The Hall–Kier alpha value is -2.60. The molecule has 1 unspecified atom stereocenters. The molecule has 0 saturated heterocycles. The zero-order valence-corrected chi connectivity index (χ0v) is 15.1. The molecule has 27 heavy (non-hydrogen) atoms. The number of amides is 1. The number of aliphatic hydroxyl groups excluding tert-OH is 1. The molecule has 0 radical (unpaired) electrons. The highest BCUT2D eigenvalue weighted by Crippen LogP contribution is 2.40. The summed E-state index contributed by atoms with van der Waals surface area (Å²) in [5.41, 5.74) is 1.95. The van der Waals surface area contributed by atoms with Crippen LogP contribution in [0.5, 0.6) is 11.5 Å². The number of fused-ring (bicyclic) bond motifs is 1. The zero-order chi connectivity index (χ0) is 19.0. The van der Waals surface area contributed by atoms with Gasteiger partial charge in [-0.1, -0.05) is 12.1 Å². The Morgan fingerprint density at radius 1 is 1.33 bits per heavy atom. The number of benzene rings is 2. The van der Waals surface area contributed by atoms with Crippen LogP contribution in [0.2, 0.25) is 0 Å². The average Bonchev–Trinajstić information content (AvgIpc) is 3.11. The van der Waals surface area contributed by atoms with E-state index in [9.17, 15) is 14.3 Å². The fraction of sp³-hybridized carbons (Fsp3) is 0.381. The van der Waals surface area contributed by atoms with Gasteiger partial charge >= 0.3 is 0 Å². The Morgan fingerprint density at radius 2 is 2.15 bits per heavy atom. The topological polar surface area (TPSA) is 67.8 Å². The monoisotopic (exact) mass is 371 g/mol. The summed E-state index contributed by atoms with van der Waals surface area (Å²) in [6, 6.07) is 9.88. The van der Waals surface area contributed by atoms with Crippen molar-refractivity contribution in [2.45, 2.75) is 31.4 Å². The number of rotatable bonds is 5. The summed E-state index contributed by atoms with van der Waals surface area (Å²) in [6.07, 6.45) is 1.69. The summed E-state index contributed by atoms with van der Waals surface area (Å²) < 4.78 is 25.0. The number of nitrogens with one attached hydrogen (secondary N) is 1. The van der Waals surface area contributed by atoms with Crippen molar-refractivity contribution in [2.75, 3.05) is 13.7 Å². The summed E-state index contributed by atoms with van der Waals surface area (Å²) in [4.78, 5) is 12.9. The first-order chi connectivity index (χ1) is 13.1. The lowest BCUT2D eigenvalue weighted by Gasteiger charge is -2.38. The van der Waals surface area contributed by atoms with E-state index in [0.717, 1.165) is 23.3 Å². The van der Waals surface area contributed by atoms with Crippen LogP contribution in [0.1, 0.15) is 40.4 Å². The molecule has 1 heterocycles. The van der Waals surface area contributed by atoms with Crippen molar-refractivity contribution in [3.05, 3.63) is 58.9 Å². The fourth-order valence-electron chi connectivity index (χ4n) is 3.88. The largest absolute Gasteiger partial charge is 0.496 e. The molecule has 5 nitrogen and oxygen atoms in total. The third kappa shape index (κ3) is 3.37. The quantitative estimate of drug-likeness (QED) is 0.848. The van der Waals surface area contributed by atoms with Crippen molar-refractivity contribution in [1.29, 1.82) is 0 Å². The maximum atomic E-state index is 14.3. The zero-order valence-electron chi connectivity index (χ0n) is 15.1. The highest BCUT2D eigenvalue weighted by atomic mass is 19.1. The third-order valence-corrected chi connectivity index (χ3v) is 5.40. The van der Waals surface area contributed by atoms with Crippen LogP contribution in [-0.2, 0) is 6.42 Å². The average molecular weight is 371 g/mol.